The number of amides is 1. The summed E-state index contributed by atoms with van der Waals surface area (Å²) in [7, 11) is 0. The van der Waals surface area contributed by atoms with Crippen molar-refractivity contribution in [3.8, 4) is 0 Å². The predicted octanol–water partition coefficient (Wildman–Crippen LogP) is 4.96. The van der Waals surface area contributed by atoms with Crippen LogP contribution in [0.15, 0.2) is 53.6 Å². The van der Waals surface area contributed by atoms with Crippen molar-refractivity contribution in [2.45, 2.75) is 57.9 Å². The van der Waals surface area contributed by atoms with Crippen LogP contribution in [0.2, 0.25) is 0 Å². The lowest BCUT2D eigenvalue weighted by atomic mass is 9.70. The van der Waals surface area contributed by atoms with Gasteiger partial charge in [-0.05, 0) is 66.8 Å². The van der Waals surface area contributed by atoms with Crippen molar-refractivity contribution in [3.05, 3.63) is 70.4 Å². The molecule has 0 aromatic carbocycles. The number of carbonyl (C=O) groups excluding carboxylic acids is 1. The Morgan fingerprint density at radius 3 is 2.59 bits per heavy atom. The van der Waals surface area contributed by atoms with Gasteiger partial charge in [0.15, 0.2) is 0 Å². The minimum Gasteiger partial charge on any atom is -0.475 e. The van der Waals surface area contributed by atoms with Gasteiger partial charge in [0, 0.05) is 69.0 Å². The molecular weight excluding hydrogens is 531 g/mol. The predicted molar refractivity (Wildman–Crippen MR) is 140 cm³/mol. The molecule has 2 fully saturated rings. The van der Waals surface area contributed by atoms with Gasteiger partial charge in [-0.25, -0.2) is 4.79 Å². The maximum atomic E-state index is 14.1. The summed E-state index contributed by atoms with van der Waals surface area (Å²) < 4.78 is 33.9. The number of rotatable bonds is 6. The van der Waals surface area contributed by atoms with Crippen molar-refractivity contribution >= 4 is 23.2 Å². The van der Waals surface area contributed by atoms with E-state index in [0.717, 1.165) is 44.6 Å². The van der Waals surface area contributed by atoms with Crippen molar-refractivity contribution in [1.82, 2.24) is 24.6 Å². The fraction of sp³-hybridized carbons (Fsp3) is 0.481. The number of halogens is 3. The lowest BCUT2D eigenvalue weighted by Crippen LogP contribution is -2.52. The first-order chi connectivity index (χ1) is 18.5. The average molecular weight is 564 g/mol. The highest BCUT2D eigenvalue weighted by Gasteiger charge is 2.56. The monoisotopic (exact) mass is 563 g/mol. The zero-order valence-corrected chi connectivity index (χ0v) is 22.7. The highest BCUT2D eigenvalue weighted by molar-refractivity contribution is 7.07. The Kier molecular flexibility index (Phi) is 8.75. The summed E-state index contributed by atoms with van der Waals surface area (Å²) in [5, 5.41) is 16.1. The second kappa shape index (κ2) is 11.9. The molecule has 0 unspecified atom stereocenters. The molecule has 2 saturated heterocycles. The number of alkyl halides is 3. The van der Waals surface area contributed by atoms with Crippen molar-refractivity contribution < 1.29 is 27.9 Å². The Bertz CT molecular complexity index is 1250. The molecule has 0 radical (unpaired) electrons. The Morgan fingerprint density at radius 2 is 1.97 bits per heavy atom. The molecule has 0 bridgehead atoms. The number of aromatic nitrogens is 3. The minimum absolute atomic E-state index is 0.148. The number of thiophene rings is 1. The quantitative estimate of drug-likeness (QED) is 0.456. The van der Waals surface area contributed by atoms with E-state index in [1.807, 2.05) is 18.5 Å². The molecule has 2 aliphatic rings. The number of piperidine rings is 1. The van der Waals surface area contributed by atoms with E-state index in [1.165, 1.54) is 11.3 Å². The molecule has 1 amide bonds. The number of carboxylic acid groups (broad SMARTS) is 1. The molecule has 5 rings (SSSR count). The zero-order valence-electron chi connectivity index (χ0n) is 21.8. The fourth-order valence-corrected chi connectivity index (χ4v) is 6.28. The molecule has 8 nitrogen and oxygen atoms in total. The summed E-state index contributed by atoms with van der Waals surface area (Å²) in [5.41, 5.74) is 3.22. The molecule has 12 heteroatoms. The van der Waals surface area contributed by atoms with Crippen LogP contribution in [0.5, 0.6) is 0 Å². The Hall–Kier alpha value is -3.25. The molecular formula is C27H32F3N5O3S. The SMILES string of the molecule is CC(C)n1nccc1[C@@H]1CN(Cc2ccsc2)C[C@]12CCCN(Cc1cccnc1)C2=O.O=C(O)C(F)(F)F. The van der Waals surface area contributed by atoms with E-state index < -0.39 is 17.6 Å². The van der Waals surface area contributed by atoms with Crippen LogP contribution in [-0.4, -0.2) is 67.4 Å². The maximum Gasteiger partial charge on any atom is 0.490 e. The van der Waals surface area contributed by atoms with E-state index in [4.69, 9.17) is 9.90 Å². The second-order valence-corrected chi connectivity index (χ2v) is 11.1. The Balaban J connectivity index is 0.000000448. The minimum atomic E-state index is -5.08. The van der Waals surface area contributed by atoms with E-state index in [9.17, 15) is 18.0 Å². The van der Waals surface area contributed by atoms with E-state index in [-0.39, 0.29) is 12.0 Å². The summed E-state index contributed by atoms with van der Waals surface area (Å²) in [4.78, 5) is 31.8. The normalized spacial score (nSPS) is 21.8. The second-order valence-electron chi connectivity index (χ2n) is 10.3. The van der Waals surface area contributed by atoms with Gasteiger partial charge in [0.25, 0.3) is 0 Å². The highest BCUT2D eigenvalue weighted by Crippen LogP contribution is 2.50. The number of aliphatic carboxylic acids is 1. The number of carbonyl (C=O) groups is 2. The number of hydrogen-bond acceptors (Lipinski definition) is 6. The molecule has 3 aromatic rings. The van der Waals surface area contributed by atoms with Crippen LogP contribution in [0.1, 0.15) is 55.5 Å². The summed E-state index contributed by atoms with van der Waals surface area (Å²) >= 11 is 1.74. The fourth-order valence-electron chi connectivity index (χ4n) is 5.62. The van der Waals surface area contributed by atoms with Gasteiger partial charge in [0.2, 0.25) is 5.91 Å². The van der Waals surface area contributed by atoms with Gasteiger partial charge >= 0.3 is 12.1 Å². The van der Waals surface area contributed by atoms with Gasteiger partial charge in [-0.2, -0.15) is 29.6 Å². The Labute approximate surface area is 229 Å². The van der Waals surface area contributed by atoms with Crippen LogP contribution in [0.25, 0.3) is 0 Å². The molecule has 39 heavy (non-hydrogen) atoms. The van der Waals surface area contributed by atoms with E-state index in [0.29, 0.717) is 12.5 Å². The van der Waals surface area contributed by atoms with Crippen LogP contribution >= 0.6 is 11.3 Å². The van der Waals surface area contributed by atoms with Gasteiger partial charge in [-0.3, -0.25) is 19.4 Å². The van der Waals surface area contributed by atoms with Gasteiger partial charge in [-0.1, -0.05) is 6.07 Å². The third kappa shape index (κ3) is 6.50. The summed E-state index contributed by atoms with van der Waals surface area (Å²) in [5.74, 6) is -2.32. The molecule has 0 saturated carbocycles. The van der Waals surface area contributed by atoms with E-state index in [1.54, 1.807) is 17.5 Å². The summed E-state index contributed by atoms with van der Waals surface area (Å²) in [6.07, 6.45) is 2.43. The van der Waals surface area contributed by atoms with Crippen LogP contribution in [0.3, 0.4) is 0 Å². The van der Waals surface area contributed by atoms with Crippen LogP contribution in [-0.2, 0) is 22.7 Å². The summed E-state index contributed by atoms with van der Waals surface area (Å²) in [6.45, 7) is 8.37. The molecule has 1 spiro atoms. The number of nitrogens with zero attached hydrogens (tertiary/aromatic N) is 5. The van der Waals surface area contributed by atoms with Gasteiger partial charge in [0.05, 0.1) is 5.41 Å². The lowest BCUT2D eigenvalue weighted by molar-refractivity contribution is -0.192. The largest absolute Gasteiger partial charge is 0.490 e. The average Bonchev–Trinajstić information content (AvgIpc) is 3.64. The first-order valence-electron chi connectivity index (χ1n) is 12.8. The number of pyridine rings is 1. The maximum absolute atomic E-state index is 14.1. The van der Waals surface area contributed by atoms with Crippen LogP contribution < -0.4 is 0 Å². The molecule has 210 valence electrons. The molecule has 1 N–H and O–H groups in total. The molecule has 0 aliphatic carbocycles. The number of carboxylic acids is 1. The molecule has 3 aromatic heterocycles. The van der Waals surface area contributed by atoms with Crippen molar-refractivity contribution in [2.24, 2.45) is 5.41 Å². The van der Waals surface area contributed by atoms with Crippen molar-refractivity contribution in [2.75, 3.05) is 19.6 Å². The van der Waals surface area contributed by atoms with Gasteiger partial charge in [0.1, 0.15) is 0 Å². The lowest BCUT2D eigenvalue weighted by Gasteiger charge is -2.42. The Morgan fingerprint density at radius 1 is 1.21 bits per heavy atom. The van der Waals surface area contributed by atoms with Crippen LogP contribution in [0, 0.1) is 5.41 Å². The van der Waals surface area contributed by atoms with Gasteiger partial charge < -0.3 is 10.0 Å². The molecule has 5 heterocycles. The van der Waals surface area contributed by atoms with Crippen LogP contribution in [0.4, 0.5) is 13.2 Å². The van der Waals surface area contributed by atoms with E-state index in [2.05, 4.69) is 67.4 Å². The topological polar surface area (TPSA) is 91.6 Å². The third-order valence-electron chi connectivity index (χ3n) is 7.25. The smallest absolute Gasteiger partial charge is 0.475 e. The standard InChI is InChI=1S/C25H31N5OS.C2HF3O2/c1-19(2)30-23(6-10-27-30)22-16-28(14-21-7-12-32-17-21)18-25(22)8-4-11-29(24(25)31)15-20-5-3-9-26-13-20;3-2(4,5)1(6)7/h3,5-7,9-10,12-13,17,19,22H,4,8,11,14-16,18H2,1-2H3;(H,6,7)/t22-,25+;/m0./s1. The molecule has 2 aliphatic heterocycles. The summed E-state index contributed by atoms with van der Waals surface area (Å²) in [6, 6.07) is 8.61. The molecule has 2 atom stereocenters. The van der Waals surface area contributed by atoms with Crippen molar-refractivity contribution in [1.29, 1.82) is 0 Å². The number of likely N-dealkylation sites (tertiary alicyclic amines) is 2. The third-order valence-corrected chi connectivity index (χ3v) is 7.98. The number of hydrogen-bond donors (Lipinski definition) is 1. The zero-order chi connectivity index (χ0) is 28.2. The highest BCUT2D eigenvalue weighted by atomic mass is 32.1. The van der Waals surface area contributed by atoms with Crippen molar-refractivity contribution in [3.63, 3.8) is 0 Å². The van der Waals surface area contributed by atoms with E-state index >= 15 is 0 Å². The van der Waals surface area contributed by atoms with Gasteiger partial charge in [-0.15, -0.1) is 0 Å². The first-order valence-corrected chi connectivity index (χ1v) is 13.7. The first kappa shape index (κ1) is 28.8.